The maximum Gasteiger partial charge on any atom is 0.416 e. The maximum atomic E-state index is 12.7. The second-order valence-corrected chi connectivity index (χ2v) is 4.89. The number of aromatic nitrogens is 2. The van der Waals surface area contributed by atoms with Crippen LogP contribution in [0.5, 0.6) is 0 Å². The van der Waals surface area contributed by atoms with Gasteiger partial charge < -0.3 is 10.4 Å². The van der Waals surface area contributed by atoms with Crippen LogP contribution in [0.4, 0.5) is 18.9 Å². The van der Waals surface area contributed by atoms with Crippen LogP contribution in [-0.2, 0) is 13.2 Å². The smallest absolute Gasteiger partial charge is 0.416 e. The normalized spacial score (nSPS) is 11.3. The summed E-state index contributed by atoms with van der Waals surface area (Å²) in [4.78, 5) is 23.2. The van der Waals surface area contributed by atoms with Gasteiger partial charge in [-0.25, -0.2) is 4.79 Å². The summed E-state index contributed by atoms with van der Waals surface area (Å²) in [6.07, 6.45) is -3.65. The van der Waals surface area contributed by atoms with Gasteiger partial charge in [-0.2, -0.15) is 18.3 Å². The third-order valence-electron chi connectivity index (χ3n) is 2.93. The van der Waals surface area contributed by atoms with Crippen LogP contribution in [0.2, 0.25) is 5.02 Å². The molecule has 0 bridgehead atoms. The molecule has 2 aromatic rings. The number of carboxylic acids is 1. The minimum atomic E-state index is -4.61. The van der Waals surface area contributed by atoms with Crippen LogP contribution in [0.25, 0.3) is 0 Å². The van der Waals surface area contributed by atoms with Crippen molar-refractivity contribution < 1.29 is 27.9 Å². The molecule has 2 rings (SSSR count). The number of anilines is 1. The number of aromatic carboxylic acids is 1. The highest BCUT2D eigenvalue weighted by atomic mass is 35.5. The summed E-state index contributed by atoms with van der Waals surface area (Å²) in [5.74, 6) is -2.33. The molecule has 10 heteroatoms. The lowest BCUT2D eigenvalue weighted by molar-refractivity contribution is -0.137. The molecule has 0 aliphatic carbocycles. The van der Waals surface area contributed by atoms with Crippen LogP contribution in [0.15, 0.2) is 24.4 Å². The number of carbonyl (C=O) groups is 2. The molecule has 0 aliphatic rings. The summed E-state index contributed by atoms with van der Waals surface area (Å²) in [7, 11) is 1.33. The van der Waals surface area contributed by atoms with Crippen LogP contribution in [-0.4, -0.2) is 26.8 Å². The molecule has 0 atom stereocenters. The minimum Gasteiger partial charge on any atom is -0.478 e. The molecule has 0 unspecified atom stereocenters. The number of halogens is 4. The number of carbonyl (C=O) groups excluding carboxylic acids is 1. The predicted molar refractivity (Wildman–Crippen MR) is 74.6 cm³/mol. The Balaban J connectivity index is 2.38. The van der Waals surface area contributed by atoms with Crippen molar-refractivity contribution in [2.75, 3.05) is 5.32 Å². The van der Waals surface area contributed by atoms with Gasteiger partial charge in [0.25, 0.3) is 5.91 Å². The molecule has 0 fully saturated rings. The summed E-state index contributed by atoms with van der Waals surface area (Å²) in [5.41, 5.74) is -1.98. The third kappa shape index (κ3) is 3.45. The first-order valence-corrected chi connectivity index (χ1v) is 6.42. The van der Waals surface area contributed by atoms with Crippen LogP contribution in [0, 0.1) is 0 Å². The number of rotatable bonds is 3. The third-order valence-corrected chi connectivity index (χ3v) is 3.26. The summed E-state index contributed by atoms with van der Waals surface area (Å²) in [6, 6.07) is 2.42. The fraction of sp³-hybridized carbons (Fsp3) is 0.154. The molecule has 1 aromatic carbocycles. The molecule has 0 saturated heterocycles. The Labute approximate surface area is 132 Å². The second-order valence-electron chi connectivity index (χ2n) is 4.48. The van der Waals surface area contributed by atoms with E-state index < -0.39 is 23.6 Å². The van der Waals surface area contributed by atoms with E-state index in [1.807, 2.05) is 0 Å². The average Bonchev–Trinajstić information content (AvgIpc) is 2.82. The number of hydrogen-bond acceptors (Lipinski definition) is 3. The van der Waals surface area contributed by atoms with E-state index in [0.717, 1.165) is 23.0 Å². The van der Waals surface area contributed by atoms with Crippen molar-refractivity contribution in [2.24, 2.45) is 7.05 Å². The lowest BCUT2D eigenvalue weighted by Crippen LogP contribution is -2.20. The van der Waals surface area contributed by atoms with Gasteiger partial charge in [0.1, 0.15) is 11.3 Å². The lowest BCUT2D eigenvalue weighted by Gasteiger charge is -2.12. The number of benzene rings is 1. The Hall–Kier alpha value is -2.55. The lowest BCUT2D eigenvalue weighted by atomic mass is 10.2. The van der Waals surface area contributed by atoms with E-state index in [2.05, 4.69) is 10.4 Å². The molecule has 0 saturated carbocycles. The highest BCUT2D eigenvalue weighted by molar-refractivity contribution is 6.34. The van der Waals surface area contributed by atoms with Gasteiger partial charge in [-0.3, -0.25) is 9.48 Å². The Kier molecular flexibility index (Phi) is 4.33. The highest BCUT2D eigenvalue weighted by Crippen LogP contribution is 2.34. The largest absolute Gasteiger partial charge is 0.478 e. The van der Waals surface area contributed by atoms with Gasteiger partial charge in [-0.1, -0.05) is 11.6 Å². The van der Waals surface area contributed by atoms with Gasteiger partial charge in [-0.15, -0.1) is 0 Å². The SMILES string of the molecule is Cn1ncc(C(=O)O)c1C(=O)Nc1cc(C(F)(F)F)ccc1Cl. The van der Waals surface area contributed by atoms with E-state index in [-0.39, 0.29) is 22.0 Å². The highest BCUT2D eigenvalue weighted by Gasteiger charge is 2.31. The monoisotopic (exact) mass is 347 g/mol. The van der Waals surface area contributed by atoms with Gasteiger partial charge in [0, 0.05) is 7.05 Å². The van der Waals surface area contributed by atoms with Crippen molar-refractivity contribution in [1.82, 2.24) is 9.78 Å². The molecule has 6 nitrogen and oxygen atoms in total. The zero-order valence-corrected chi connectivity index (χ0v) is 12.2. The van der Waals surface area contributed by atoms with Crippen molar-refractivity contribution in [3.63, 3.8) is 0 Å². The molecule has 0 radical (unpaired) electrons. The number of nitrogens with one attached hydrogen (secondary N) is 1. The molecular formula is C13H9ClF3N3O3. The average molecular weight is 348 g/mol. The van der Waals surface area contributed by atoms with E-state index in [1.54, 1.807) is 0 Å². The zero-order chi connectivity index (χ0) is 17.4. The Bertz CT molecular complexity index is 787. The van der Waals surface area contributed by atoms with Crippen molar-refractivity contribution >= 4 is 29.2 Å². The molecule has 0 aliphatic heterocycles. The zero-order valence-electron chi connectivity index (χ0n) is 11.5. The predicted octanol–water partition coefficient (Wildman–Crippen LogP) is 3.04. The van der Waals surface area contributed by atoms with E-state index in [0.29, 0.717) is 6.07 Å². The first-order valence-electron chi connectivity index (χ1n) is 6.04. The van der Waals surface area contributed by atoms with Crippen LogP contribution in [0.3, 0.4) is 0 Å². The second kappa shape index (κ2) is 5.92. The summed E-state index contributed by atoms with van der Waals surface area (Å²) in [5, 5.41) is 14.7. The standard InChI is InChI=1S/C13H9ClF3N3O3/c1-20-10(7(5-18-20)12(22)23)11(21)19-9-4-6(13(15,16)17)2-3-8(9)14/h2-5H,1H3,(H,19,21)(H,22,23). The molecule has 122 valence electrons. The molecular weight excluding hydrogens is 339 g/mol. The fourth-order valence-corrected chi connectivity index (χ4v) is 2.01. The molecule has 1 heterocycles. The summed E-state index contributed by atoms with van der Waals surface area (Å²) >= 11 is 5.77. The topological polar surface area (TPSA) is 84.2 Å². The Morgan fingerprint density at radius 1 is 1.35 bits per heavy atom. The number of nitrogens with zero attached hydrogens (tertiary/aromatic N) is 2. The van der Waals surface area contributed by atoms with Crippen molar-refractivity contribution in [1.29, 1.82) is 0 Å². The van der Waals surface area contributed by atoms with Crippen LogP contribution < -0.4 is 5.32 Å². The van der Waals surface area contributed by atoms with Gasteiger partial charge in [-0.05, 0) is 18.2 Å². The van der Waals surface area contributed by atoms with Gasteiger partial charge in [0.05, 0.1) is 22.5 Å². The summed E-state index contributed by atoms with van der Waals surface area (Å²) < 4.78 is 39.1. The maximum absolute atomic E-state index is 12.7. The Morgan fingerprint density at radius 3 is 2.57 bits per heavy atom. The number of alkyl halides is 3. The molecule has 1 aromatic heterocycles. The van der Waals surface area contributed by atoms with Crippen molar-refractivity contribution in [3.8, 4) is 0 Å². The quantitative estimate of drug-likeness (QED) is 0.893. The van der Waals surface area contributed by atoms with E-state index in [9.17, 15) is 22.8 Å². The van der Waals surface area contributed by atoms with Crippen molar-refractivity contribution in [3.05, 3.63) is 46.2 Å². The van der Waals surface area contributed by atoms with Gasteiger partial charge in [0.15, 0.2) is 0 Å². The van der Waals surface area contributed by atoms with Gasteiger partial charge >= 0.3 is 12.1 Å². The molecule has 23 heavy (non-hydrogen) atoms. The number of carboxylic acid groups (broad SMARTS) is 1. The first kappa shape index (κ1) is 16.8. The van der Waals surface area contributed by atoms with Crippen LogP contribution in [0.1, 0.15) is 26.4 Å². The number of aryl methyl sites for hydroxylation is 1. The van der Waals surface area contributed by atoms with Crippen LogP contribution >= 0.6 is 11.6 Å². The molecule has 1 amide bonds. The molecule has 0 spiro atoms. The first-order chi connectivity index (χ1) is 10.6. The summed E-state index contributed by atoms with van der Waals surface area (Å²) in [6.45, 7) is 0. The van der Waals surface area contributed by atoms with Crippen molar-refractivity contribution in [2.45, 2.75) is 6.18 Å². The van der Waals surface area contributed by atoms with E-state index >= 15 is 0 Å². The fourth-order valence-electron chi connectivity index (χ4n) is 1.84. The number of amides is 1. The van der Waals surface area contributed by atoms with E-state index in [4.69, 9.17) is 16.7 Å². The minimum absolute atomic E-state index is 0.120. The van der Waals surface area contributed by atoms with Gasteiger partial charge in [0.2, 0.25) is 0 Å². The number of hydrogen-bond donors (Lipinski definition) is 2. The Morgan fingerprint density at radius 2 is 2.00 bits per heavy atom. The molecule has 2 N–H and O–H groups in total. The van der Waals surface area contributed by atoms with E-state index in [1.165, 1.54) is 7.05 Å².